The molecule has 158 valence electrons. The summed E-state index contributed by atoms with van der Waals surface area (Å²) in [6.45, 7) is 9.71. The van der Waals surface area contributed by atoms with Gasteiger partial charge in [-0.25, -0.2) is 0 Å². The number of rotatable bonds is 4. The molecule has 1 aromatic heterocycles. The average Bonchev–Trinajstić information content (AvgIpc) is 3.19. The van der Waals surface area contributed by atoms with Crippen molar-refractivity contribution in [3.63, 3.8) is 0 Å². The van der Waals surface area contributed by atoms with Crippen LogP contribution in [0.15, 0.2) is 36.7 Å². The average molecular weight is 400 g/mol. The third-order valence-corrected chi connectivity index (χ3v) is 4.62. The van der Waals surface area contributed by atoms with E-state index in [1.54, 1.807) is 11.1 Å². The van der Waals surface area contributed by atoms with E-state index in [-0.39, 0.29) is 13.2 Å². The summed E-state index contributed by atoms with van der Waals surface area (Å²) < 4.78 is 5.78. The van der Waals surface area contributed by atoms with Gasteiger partial charge in [0.1, 0.15) is 12.4 Å². The highest BCUT2D eigenvalue weighted by atomic mass is 16.5. The molecule has 0 radical (unpaired) electrons. The van der Waals surface area contributed by atoms with Gasteiger partial charge in [-0.1, -0.05) is 27.7 Å². The van der Waals surface area contributed by atoms with Gasteiger partial charge in [-0.15, -0.1) is 0 Å². The first-order valence-corrected chi connectivity index (χ1v) is 10.5. The summed E-state index contributed by atoms with van der Waals surface area (Å²) in [5.41, 5.74) is 3.88. The van der Waals surface area contributed by atoms with Crippen LogP contribution < -0.4 is 10.1 Å². The number of nitrogens with zero attached hydrogens (tertiary/aromatic N) is 2. The van der Waals surface area contributed by atoms with Crippen LogP contribution in [0.5, 0.6) is 5.75 Å². The van der Waals surface area contributed by atoms with Crippen LogP contribution >= 0.6 is 0 Å². The van der Waals surface area contributed by atoms with E-state index in [1.165, 1.54) is 0 Å². The van der Waals surface area contributed by atoms with Crippen LogP contribution in [0.3, 0.4) is 0 Å². The number of likely N-dealkylation sites (tertiary alicyclic amines) is 1. The second kappa shape index (κ2) is 11.2. The van der Waals surface area contributed by atoms with Crippen LogP contribution in [-0.4, -0.2) is 34.8 Å². The predicted octanol–water partition coefficient (Wildman–Crippen LogP) is 4.89. The predicted molar refractivity (Wildman–Crippen MR) is 118 cm³/mol. The molecule has 29 heavy (non-hydrogen) atoms. The summed E-state index contributed by atoms with van der Waals surface area (Å²) >= 11 is 0. The summed E-state index contributed by atoms with van der Waals surface area (Å²) in [6.07, 6.45) is 5.37. The Balaban J connectivity index is 0.000000851. The maximum absolute atomic E-state index is 12.1. The Kier molecular flexibility index (Phi) is 8.65. The zero-order valence-corrected chi connectivity index (χ0v) is 17.8. The molecule has 6 heteroatoms. The van der Waals surface area contributed by atoms with Crippen LogP contribution in [-0.2, 0) is 16.2 Å². The molecule has 2 aliphatic heterocycles. The molecule has 0 saturated carbocycles. The molecule has 3 heterocycles. The molecule has 1 saturated heterocycles. The summed E-state index contributed by atoms with van der Waals surface area (Å²) in [5, 5.41) is 2.89. The van der Waals surface area contributed by atoms with E-state index in [2.05, 4.69) is 10.3 Å². The molecule has 2 aromatic rings. The molecule has 2 amide bonds. The number of aromatic nitrogens is 1. The zero-order chi connectivity index (χ0) is 21.2. The molecule has 6 nitrogen and oxygen atoms in total. The number of hydrogen-bond donors (Lipinski definition) is 1. The summed E-state index contributed by atoms with van der Waals surface area (Å²) in [6, 6.07) is 7.64. The van der Waals surface area contributed by atoms with Crippen molar-refractivity contribution < 1.29 is 15.8 Å². The fraction of sp³-hybridized carbons (Fsp3) is 0.435. The number of ether oxygens (including phenoxy) is 1. The fourth-order valence-corrected chi connectivity index (χ4v) is 3.30. The monoisotopic (exact) mass is 399 g/mol. The van der Waals surface area contributed by atoms with Gasteiger partial charge in [0.2, 0.25) is 11.8 Å². The van der Waals surface area contributed by atoms with Crippen molar-refractivity contribution >= 4 is 17.5 Å². The number of nitrogens with one attached hydrogen (secondary N) is 1. The third-order valence-electron chi connectivity index (χ3n) is 4.62. The van der Waals surface area contributed by atoms with Crippen LogP contribution in [0.25, 0.3) is 11.1 Å². The van der Waals surface area contributed by atoms with E-state index >= 15 is 0 Å². The Bertz CT molecular complexity index is 842. The topological polar surface area (TPSA) is 71.5 Å². The van der Waals surface area contributed by atoms with E-state index in [0.717, 1.165) is 35.4 Å². The Hall–Kier alpha value is -2.89. The van der Waals surface area contributed by atoms with Gasteiger partial charge in [0, 0.05) is 62.6 Å². The van der Waals surface area contributed by atoms with Crippen LogP contribution in [0.1, 0.15) is 53.9 Å². The minimum Gasteiger partial charge on any atom is -0.488 e. The minimum atomic E-state index is -0.0972. The summed E-state index contributed by atoms with van der Waals surface area (Å²) in [5.74, 6) is 0.800. The molecular weight excluding hydrogens is 366 g/mol. The van der Waals surface area contributed by atoms with Gasteiger partial charge in [-0.2, -0.15) is 0 Å². The number of carbonyl (C=O) groups is 2. The molecule has 1 N–H and O–H groups in total. The largest absolute Gasteiger partial charge is 0.488 e. The quantitative estimate of drug-likeness (QED) is 0.794. The van der Waals surface area contributed by atoms with E-state index < -0.39 is 0 Å². The van der Waals surface area contributed by atoms with E-state index in [0.29, 0.717) is 31.7 Å². The van der Waals surface area contributed by atoms with E-state index in [4.69, 9.17) is 4.74 Å². The molecule has 0 aliphatic carbocycles. The van der Waals surface area contributed by atoms with Gasteiger partial charge < -0.3 is 15.0 Å². The van der Waals surface area contributed by atoms with Crippen LogP contribution in [0, 0.1) is 0 Å². The normalized spacial score (nSPS) is 13.7. The number of pyridine rings is 1. The third kappa shape index (κ3) is 5.56. The SMILES string of the molecule is CC.CC.O=C(CCN1CCCC1=O)Nc1ccc2c(c1)OCc1cnccc1-2.[HH]. The maximum Gasteiger partial charge on any atom is 0.226 e. The number of benzene rings is 1. The first-order chi connectivity index (χ1) is 14.2. The van der Waals surface area contributed by atoms with Crippen molar-refractivity contribution in [3.05, 3.63) is 42.2 Å². The lowest BCUT2D eigenvalue weighted by molar-refractivity contribution is -0.128. The van der Waals surface area contributed by atoms with Crippen molar-refractivity contribution in [3.8, 4) is 16.9 Å². The smallest absolute Gasteiger partial charge is 0.226 e. The minimum absolute atomic E-state index is 0. The van der Waals surface area contributed by atoms with Crippen molar-refractivity contribution in [2.45, 2.75) is 53.6 Å². The zero-order valence-electron chi connectivity index (χ0n) is 17.8. The maximum atomic E-state index is 12.1. The highest BCUT2D eigenvalue weighted by molar-refractivity contribution is 5.92. The standard InChI is InChI=1S/C19H19N3O3.2C2H6.H2/c23-18(6-9-22-8-1-2-19(22)24)21-14-3-4-16-15-5-7-20-11-13(15)12-25-17(16)10-14;2*1-2;/h3-5,7,10-11H,1-2,6,8-9,12H2,(H,21,23);2*1-2H3;1H. The molecule has 4 rings (SSSR count). The van der Waals surface area contributed by atoms with Crippen molar-refractivity contribution in [2.24, 2.45) is 0 Å². The first-order valence-electron chi connectivity index (χ1n) is 10.5. The number of anilines is 1. The lowest BCUT2D eigenvalue weighted by Gasteiger charge is -2.21. The second-order valence-electron chi connectivity index (χ2n) is 6.31. The van der Waals surface area contributed by atoms with Gasteiger partial charge >= 0.3 is 0 Å². The lowest BCUT2D eigenvalue weighted by Crippen LogP contribution is -2.28. The van der Waals surface area contributed by atoms with Crippen molar-refractivity contribution in [2.75, 3.05) is 18.4 Å². The van der Waals surface area contributed by atoms with E-state index in [9.17, 15) is 9.59 Å². The van der Waals surface area contributed by atoms with Gasteiger partial charge in [0.05, 0.1) is 0 Å². The molecule has 1 aromatic carbocycles. The Morgan fingerprint density at radius 3 is 2.72 bits per heavy atom. The van der Waals surface area contributed by atoms with Gasteiger partial charge in [0.15, 0.2) is 0 Å². The van der Waals surface area contributed by atoms with Gasteiger partial charge in [-0.3, -0.25) is 14.6 Å². The molecule has 1 fully saturated rings. The van der Waals surface area contributed by atoms with Crippen molar-refractivity contribution in [1.29, 1.82) is 0 Å². The van der Waals surface area contributed by atoms with Crippen LogP contribution in [0.2, 0.25) is 0 Å². The van der Waals surface area contributed by atoms with Gasteiger partial charge in [0.25, 0.3) is 0 Å². The second-order valence-corrected chi connectivity index (χ2v) is 6.31. The lowest BCUT2D eigenvalue weighted by atomic mass is 9.98. The summed E-state index contributed by atoms with van der Waals surface area (Å²) in [7, 11) is 0. The molecule has 2 aliphatic rings. The highest BCUT2D eigenvalue weighted by Crippen LogP contribution is 2.38. The van der Waals surface area contributed by atoms with Crippen molar-refractivity contribution in [1.82, 2.24) is 9.88 Å². The Morgan fingerprint density at radius 2 is 2.00 bits per heavy atom. The molecule has 0 bridgehead atoms. The first kappa shape index (κ1) is 22.4. The molecular formula is C23H33N3O3. The van der Waals surface area contributed by atoms with Gasteiger partial charge in [-0.05, 0) is 30.2 Å². The fourth-order valence-electron chi connectivity index (χ4n) is 3.30. The molecule has 0 atom stereocenters. The molecule has 0 spiro atoms. The summed E-state index contributed by atoms with van der Waals surface area (Å²) in [4.78, 5) is 29.6. The van der Waals surface area contributed by atoms with Crippen LogP contribution in [0.4, 0.5) is 5.69 Å². The highest BCUT2D eigenvalue weighted by Gasteiger charge is 2.21. The van der Waals surface area contributed by atoms with E-state index in [1.807, 2.05) is 58.2 Å². The number of amides is 2. The number of fused-ring (bicyclic) bond motifs is 3. The molecule has 0 unspecified atom stereocenters. The Morgan fingerprint density at radius 1 is 1.21 bits per heavy atom. The Labute approximate surface area is 174 Å². The number of carbonyl (C=O) groups excluding carboxylic acids is 2. The number of hydrogen-bond acceptors (Lipinski definition) is 4.